The second-order valence-electron chi connectivity index (χ2n) is 6.17. The number of halogens is 1. The van der Waals surface area contributed by atoms with Crippen LogP contribution in [0.5, 0.6) is 5.75 Å². The van der Waals surface area contributed by atoms with E-state index in [0.717, 1.165) is 11.3 Å². The summed E-state index contributed by atoms with van der Waals surface area (Å²) in [4.78, 5) is 30.3. The molecule has 0 unspecified atom stereocenters. The number of carbonyl (C=O) groups excluding carboxylic acids is 2. The van der Waals surface area contributed by atoms with Gasteiger partial charge < -0.3 is 19.4 Å². The molecule has 2 aromatic heterocycles. The fraction of sp³-hybridized carbons (Fsp3) is 0.211. The summed E-state index contributed by atoms with van der Waals surface area (Å²) in [6.07, 6.45) is 3.78. The number of nitrogens with one attached hydrogen (secondary N) is 1. The van der Waals surface area contributed by atoms with Crippen molar-refractivity contribution >= 4 is 34.7 Å². The lowest BCUT2D eigenvalue weighted by Gasteiger charge is -2.29. The fourth-order valence-electron chi connectivity index (χ4n) is 2.99. The second kappa shape index (κ2) is 7.28. The molecule has 27 heavy (non-hydrogen) atoms. The number of ether oxygens (including phenoxy) is 1. The van der Waals surface area contributed by atoms with Crippen molar-refractivity contribution in [1.29, 1.82) is 0 Å². The average Bonchev–Trinajstić information content (AvgIpc) is 3.07. The van der Waals surface area contributed by atoms with E-state index in [-0.39, 0.29) is 24.8 Å². The van der Waals surface area contributed by atoms with Gasteiger partial charge in [0.15, 0.2) is 6.61 Å². The van der Waals surface area contributed by atoms with Gasteiger partial charge >= 0.3 is 0 Å². The van der Waals surface area contributed by atoms with Crippen molar-refractivity contribution in [1.82, 2.24) is 14.7 Å². The molecular formula is C19H17ClN4O3. The summed E-state index contributed by atoms with van der Waals surface area (Å²) in [5, 5.41) is 3.45. The van der Waals surface area contributed by atoms with Crippen LogP contribution in [0.25, 0.3) is 5.65 Å². The lowest BCUT2D eigenvalue weighted by Crippen LogP contribution is -2.41. The summed E-state index contributed by atoms with van der Waals surface area (Å²) in [6, 6.07) is 10.9. The van der Waals surface area contributed by atoms with Crippen LogP contribution in [0, 0.1) is 0 Å². The Bertz CT molecular complexity index is 1020. The maximum atomic E-state index is 12.2. The number of benzene rings is 1. The van der Waals surface area contributed by atoms with Crippen LogP contribution in [0.3, 0.4) is 0 Å². The predicted octanol–water partition coefficient (Wildman–Crippen LogP) is 2.42. The Morgan fingerprint density at radius 2 is 2.07 bits per heavy atom. The highest BCUT2D eigenvalue weighted by atomic mass is 35.5. The first-order chi connectivity index (χ1) is 13.1. The standard InChI is InChI=1S/C19H17ClN4O3/c20-13-5-6-17-22-14(11-23(17)10-13)9-21-18(25)7-8-24-15-3-1-2-4-16(15)27-12-19(24)26/h1-6,10-11H,7-9,12H2,(H,21,25). The van der Waals surface area contributed by atoms with Crippen LogP contribution in [0.4, 0.5) is 5.69 Å². The molecule has 0 atom stereocenters. The third kappa shape index (κ3) is 3.73. The van der Waals surface area contributed by atoms with Gasteiger partial charge in [0.25, 0.3) is 5.91 Å². The van der Waals surface area contributed by atoms with Crippen LogP contribution in [-0.4, -0.2) is 34.4 Å². The monoisotopic (exact) mass is 384 g/mol. The van der Waals surface area contributed by atoms with Gasteiger partial charge in [0.1, 0.15) is 11.4 Å². The van der Waals surface area contributed by atoms with Gasteiger partial charge in [-0.3, -0.25) is 9.59 Å². The minimum Gasteiger partial charge on any atom is -0.482 e. The van der Waals surface area contributed by atoms with E-state index in [2.05, 4.69) is 10.3 Å². The maximum Gasteiger partial charge on any atom is 0.265 e. The van der Waals surface area contributed by atoms with Crippen LogP contribution in [0.2, 0.25) is 5.02 Å². The molecule has 1 aliphatic rings. The van der Waals surface area contributed by atoms with E-state index in [1.54, 1.807) is 17.2 Å². The number of imidazole rings is 1. The van der Waals surface area contributed by atoms with Crippen LogP contribution in [-0.2, 0) is 16.1 Å². The molecule has 0 saturated carbocycles. The van der Waals surface area contributed by atoms with Gasteiger partial charge in [0.05, 0.1) is 22.9 Å². The summed E-state index contributed by atoms with van der Waals surface area (Å²) in [7, 11) is 0. The molecule has 2 amide bonds. The lowest BCUT2D eigenvalue weighted by molar-refractivity contribution is -0.122. The van der Waals surface area contributed by atoms with Crippen molar-refractivity contribution in [2.24, 2.45) is 0 Å². The molecule has 8 heteroatoms. The Morgan fingerprint density at radius 3 is 2.96 bits per heavy atom. The number of nitrogens with zero attached hydrogens (tertiary/aromatic N) is 3. The Morgan fingerprint density at radius 1 is 1.22 bits per heavy atom. The molecule has 0 aliphatic carbocycles. The first-order valence-electron chi connectivity index (χ1n) is 8.52. The number of para-hydroxylation sites is 2. The number of carbonyl (C=O) groups is 2. The highest BCUT2D eigenvalue weighted by molar-refractivity contribution is 6.30. The Hall–Kier alpha value is -3.06. The molecule has 4 rings (SSSR count). The molecule has 1 aromatic carbocycles. The van der Waals surface area contributed by atoms with E-state index >= 15 is 0 Å². The van der Waals surface area contributed by atoms with E-state index in [1.165, 1.54) is 0 Å². The van der Waals surface area contributed by atoms with Gasteiger partial charge in [0.2, 0.25) is 5.91 Å². The average molecular weight is 385 g/mol. The molecule has 0 bridgehead atoms. The summed E-state index contributed by atoms with van der Waals surface area (Å²) >= 11 is 5.96. The zero-order valence-corrected chi connectivity index (χ0v) is 15.1. The number of aromatic nitrogens is 2. The largest absolute Gasteiger partial charge is 0.482 e. The quantitative estimate of drug-likeness (QED) is 0.733. The van der Waals surface area contributed by atoms with E-state index < -0.39 is 0 Å². The number of hydrogen-bond acceptors (Lipinski definition) is 4. The zero-order chi connectivity index (χ0) is 18.8. The molecule has 1 N–H and O–H groups in total. The van der Waals surface area contributed by atoms with Gasteiger partial charge in [-0.1, -0.05) is 23.7 Å². The van der Waals surface area contributed by atoms with Crippen LogP contribution in [0.15, 0.2) is 48.8 Å². The van der Waals surface area contributed by atoms with Gasteiger partial charge in [-0.2, -0.15) is 0 Å². The summed E-state index contributed by atoms with van der Waals surface area (Å²) < 4.78 is 7.22. The molecule has 138 valence electrons. The number of hydrogen-bond donors (Lipinski definition) is 1. The van der Waals surface area contributed by atoms with Gasteiger partial charge in [-0.25, -0.2) is 4.98 Å². The predicted molar refractivity (Wildman–Crippen MR) is 101 cm³/mol. The van der Waals surface area contributed by atoms with E-state index in [9.17, 15) is 9.59 Å². The number of pyridine rings is 1. The maximum absolute atomic E-state index is 12.2. The number of anilines is 1. The lowest BCUT2D eigenvalue weighted by atomic mass is 10.2. The van der Waals surface area contributed by atoms with Crippen molar-refractivity contribution in [2.45, 2.75) is 13.0 Å². The highest BCUT2D eigenvalue weighted by Crippen LogP contribution is 2.31. The van der Waals surface area contributed by atoms with Crippen molar-refractivity contribution in [3.8, 4) is 5.75 Å². The molecule has 0 saturated heterocycles. The van der Waals surface area contributed by atoms with Gasteiger partial charge in [-0.15, -0.1) is 0 Å². The molecule has 3 aromatic rings. The molecule has 0 radical (unpaired) electrons. The Labute approximate surface area is 160 Å². The molecule has 1 aliphatic heterocycles. The van der Waals surface area contributed by atoms with Gasteiger partial charge in [-0.05, 0) is 24.3 Å². The summed E-state index contributed by atoms with van der Waals surface area (Å²) in [6.45, 7) is 0.597. The minimum absolute atomic E-state index is 0.0115. The topological polar surface area (TPSA) is 75.9 Å². The second-order valence-corrected chi connectivity index (χ2v) is 6.61. The zero-order valence-electron chi connectivity index (χ0n) is 14.4. The number of rotatable bonds is 5. The normalized spacial score (nSPS) is 13.4. The Kier molecular flexibility index (Phi) is 4.68. The molecule has 7 nitrogen and oxygen atoms in total. The number of fused-ring (bicyclic) bond motifs is 2. The SMILES string of the molecule is O=C(CCN1C(=O)COc2ccccc21)NCc1cn2cc(Cl)ccc2n1. The summed E-state index contributed by atoms with van der Waals surface area (Å²) in [5.41, 5.74) is 2.19. The third-order valence-corrected chi connectivity index (χ3v) is 4.53. The highest BCUT2D eigenvalue weighted by Gasteiger charge is 2.25. The smallest absolute Gasteiger partial charge is 0.265 e. The minimum atomic E-state index is -0.154. The van der Waals surface area contributed by atoms with E-state index in [1.807, 2.05) is 40.9 Å². The van der Waals surface area contributed by atoms with E-state index in [0.29, 0.717) is 29.5 Å². The van der Waals surface area contributed by atoms with Crippen molar-refractivity contribution in [3.05, 3.63) is 59.5 Å². The van der Waals surface area contributed by atoms with Gasteiger partial charge in [0, 0.05) is 25.4 Å². The van der Waals surface area contributed by atoms with Crippen molar-refractivity contribution in [3.63, 3.8) is 0 Å². The third-order valence-electron chi connectivity index (χ3n) is 4.30. The molecule has 3 heterocycles. The van der Waals surface area contributed by atoms with Crippen molar-refractivity contribution in [2.75, 3.05) is 18.1 Å². The first-order valence-corrected chi connectivity index (χ1v) is 8.90. The fourth-order valence-corrected chi connectivity index (χ4v) is 3.16. The molecular weight excluding hydrogens is 368 g/mol. The van der Waals surface area contributed by atoms with Crippen LogP contribution < -0.4 is 15.0 Å². The van der Waals surface area contributed by atoms with Crippen molar-refractivity contribution < 1.29 is 14.3 Å². The molecule has 0 spiro atoms. The van der Waals surface area contributed by atoms with Crippen LogP contribution in [0.1, 0.15) is 12.1 Å². The summed E-state index contributed by atoms with van der Waals surface area (Å²) in [5.74, 6) is 0.349. The van der Waals surface area contributed by atoms with E-state index in [4.69, 9.17) is 16.3 Å². The Balaban J connectivity index is 1.35. The number of amides is 2. The van der Waals surface area contributed by atoms with Crippen LogP contribution >= 0.6 is 11.6 Å². The first kappa shape index (κ1) is 17.4. The molecule has 0 fully saturated rings.